The Hall–Kier alpha value is -3.10. The van der Waals surface area contributed by atoms with Crippen LogP contribution in [0, 0.1) is 6.92 Å². The van der Waals surface area contributed by atoms with Crippen molar-refractivity contribution in [2.45, 2.75) is 37.1 Å². The van der Waals surface area contributed by atoms with E-state index in [0.717, 1.165) is 27.8 Å². The zero-order chi connectivity index (χ0) is 27.0. The highest BCUT2D eigenvalue weighted by molar-refractivity contribution is 7.89. The first kappa shape index (κ1) is 28.5. The van der Waals surface area contributed by atoms with Crippen LogP contribution in [0.4, 0.5) is 0 Å². The van der Waals surface area contributed by atoms with Crippen LogP contribution in [-0.4, -0.2) is 45.3 Å². The summed E-state index contributed by atoms with van der Waals surface area (Å²) in [5, 5.41) is 0. The van der Waals surface area contributed by atoms with Crippen molar-refractivity contribution < 1.29 is 22.6 Å². The van der Waals surface area contributed by atoms with Crippen molar-refractivity contribution >= 4 is 31.3 Å². The average molecular weight is 542 g/mol. The zero-order valence-electron chi connectivity index (χ0n) is 21.1. The van der Waals surface area contributed by atoms with Crippen molar-refractivity contribution in [1.82, 2.24) is 15.1 Å². The van der Waals surface area contributed by atoms with Crippen molar-refractivity contribution in [1.29, 1.82) is 0 Å². The van der Waals surface area contributed by atoms with Gasteiger partial charge in [0, 0.05) is 30.0 Å². The molecule has 0 fully saturated rings. The smallest absolute Gasteiger partial charge is 0.244 e. The van der Waals surface area contributed by atoms with Gasteiger partial charge in [-0.15, -0.1) is 0 Å². The standard InChI is InChI=1S/C27H32N3O5PS/c1-19-4-15-24(16-5-19)37(33,34)29-25(27(32)30(2)3)18-21-8-13-23(14-9-21)22-11-6-20(7-12-22)10-17-26(31)28-35-36/h4-9,11-16,25,29H,10,17-18,36H2,1-3H3,(H,28,31)/t25-/m0/s1. The molecular weight excluding hydrogens is 509 g/mol. The van der Waals surface area contributed by atoms with Gasteiger partial charge in [-0.1, -0.05) is 66.2 Å². The van der Waals surface area contributed by atoms with Crippen molar-refractivity contribution in [3.63, 3.8) is 0 Å². The van der Waals surface area contributed by atoms with Crippen molar-refractivity contribution in [3.05, 3.63) is 89.5 Å². The minimum Gasteiger partial charge on any atom is -0.347 e. The molecule has 0 aliphatic heterocycles. The van der Waals surface area contributed by atoms with Gasteiger partial charge in [-0.2, -0.15) is 4.72 Å². The maximum absolute atomic E-state index is 12.9. The summed E-state index contributed by atoms with van der Waals surface area (Å²) in [6.45, 7) is 1.88. The van der Waals surface area contributed by atoms with Crippen molar-refractivity contribution in [2.24, 2.45) is 0 Å². The number of nitrogens with zero attached hydrogens (tertiary/aromatic N) is 1. The fraction of sp³-hybridized carbons (Fsp3) is 0.259. The Labute approximate surface area is 220 Å². The van der Waals surface area contributed by atoms with Gasteiger partial charge in [0.15, 0.2) is 0 Å². The van der Waals surface area contributed by atoms with Gasteiger partial charge in [-0.05, 0) is 54.2 Å². The van der Waals surface area contributed by atoms with Crippen LogP contribution in [0.3, 0.4) is 0 Å². The molecule has 196 valence electrons. The largest absolute Gasteiger partial charge is 0.347 e. The summed E-state index contributed by atoms with van der Waals surface area (Å²) in [6.07, 6.45) is 1.13. The molecule has 0 aromatic heterocycles. The number of amides is 2. The second-order valence-corrected chi connectivity index (χ2v) is 10.9. The number of likely N-dealkylation sites (N-methyl/N-ethyl adjacent to an activating group) is 1. The quantitative estimate of drug-likeness (QED) is 0.286. The van der Waals surface area contributed by atoms with E-state index in [0.29, 0.717) is 12.8 Å². The minimum absolute atomic E-state index is 0.117. The Balaban J connectivity index is 1.71. The first-order valence-corrected chi connectivity index (χ1v) is 13.7. The van der Waals surface area contributed by atoms with Crippen molar-refractivity contribution in [2.75, 3.05) is 14.1 Å². The lowest BCUT2D eigenvalue weighted by Crippen LogP contribution is -2.47. The number of hydrogen-bond acceptors (Lipinski definition) is 5. The molecule has 0 radical (unpaired) electrons. The van der Waals surface area contributed by atoms with E-state index in [-0.39, 0.29) is 23.1 Å². The van der Waals surface area contributed by atoms with Gasteiger partial charge in [0.05, 0.1) is 4.90 Å². The fourth-order valence-electron chi connectivity index (χ4n) is 3.77. The van der Waals surface area contributed by atoms with Crippen LogP contribution >= 0.6 is 9.47 Å². The molecule has 2 N–H and O–H groups in total. The monoisotopic (exact) mass is 541 g/mol. The highest BCUT2D eigenvalue weighted by Gasteiger charge is 2.27. The molecule has 0 saturated carbocycles. The number of rotatable bonds is 11. The van der Waals surface area contributed by atoms with E-state index >= 15 is 0 Å². The zero-order valence-corrected chi connectivity index (χ0v) is 23.1. The van der Waals surface area contributed by atoms with Crippen molar-refractivity contribution in [3.8, 4) is 11.1 Å². The molecule has 2 amide bonds. The summed E-state index contributed by atoms with van der Waals surface area (Å²) in [7, 11) is 1.31. The minimum atomic E-state index is -3.87. The van der Waals surface area contributed by atoms with E-state index < -0.39 is 16.1 Å². The van der Waals surface area contributed by atoms with E-state index in [4.69, 9.17) is 0 Å². The van der Waals surface area contributed by atoms with Crippen LogP contribution in [-0.2, 0) is 37.1 Å². The number of hydrogen-bond donors (Lipinski definition) is 2. The van der Waals surface area contributed by atoms with Gasteiger partial charge in [0.2, 0.25) is 21.8 Å². The predicted molar refractivity (Wildman–Crippen MR) is 147 cm³/mol. The van der Waals surface area contributed by atoms with Gasteiger partial charge in [0.25, 0.3) is 0 Å². The summed E-state index contributed by atoms with van der Waals surface area (Å²) in [6, 6.07) is 21.2. The van der Waals surface area contributed by atoms with E-state index in [2.05, 4.69) is 14.8 Å². The molecule has 37 heavy (non-hydrogen) atoms. The molecule has 0 aliphatic carbocycles. The highest BCUT2D eigenvalue weighted by Crippen LogP contribution is 2.22. The molecule has 0 aliphatic rings. The number of carbonyl (C=O) groups is 2. The van der Waals surface area contributed by atoms with Gasteiger partial charge in [0.1, 0.15) is 6.04 Å². The SMILES string of the molecule is Cc1ccc(S(=O)(=O)N[C@@H](Cc2ccc(-c3ccc(CCC(=O)NOP)cc3)cc2)C(=O)N(C)C)cc1. The number of hydroxylamine groups is 1. The molecule has 8 nitrogen and oxygen atoms in total. The second kappa shape index (κ2) is 12.9. The average Bonchev–Trinajstić information content (AvgIpc) is 2.87. The summed E-state index contributed by atoms with van der Waals surface area (Å²) >= 11 is 0. The summed E-state index contributed by atoms with van der Waals surface area (Å²) in [5.41, 5.74) is 7.07. The Morgan fingerprint density at radius 1 is 0.892 bits per heavy atom. The summed E-state index contributed by atoms with van der Waals surface area (Å²) < 4.78 is 33.0. The molecule has 0 heterocycles. The van der Waals surface area contributed by atoms with Gasteiger partial charge in [-0.25, -0.2) is 13.9 Å². The maximum Gasteiger partial charge on any atom is 0.244 e. The predicted octanol–water partition coefficient (Wildman–Crippen LogP) is 3.41. The molecular formula is C27H32N3O5PS. The van der Waals surface area contributed by atoms with Gasteiger partial charge in [-0.3, -0.25) is 14.2 Å². The third-order valence-corrected chi connectivity index (χ3v) is 7.47. The first-order chi connectivity index (χ1) is 17.6. The number of aryl methyl sites for hydroxylation is 2. The van der Waals surface area contributed by atoms with E-state index in [1.807, 2.05) is 64.9 Å². The number of carbonyl (C=O) groups excluding carboxylic acids is 2. The normalized spacial score (nSPS) is 12.1. The fourth-order valence-corrected chi connectivity index (χ4v) is 5.09. The molecule has 3 aromatic rings. The lowest BCUT2D eigenvalue weighted by atomic mass is 9.99. The van der Waals surface area contributed by atoms with E-state index in [9.17, 15) is 18.0 Å². The lowest BCUT2D eigenvalue weighted by molar-refractivity contribution is -0.130. The molecule has 1 unspecified atom stereocenters. The molecule has 2 atom stereocenters. The number of benzene rings is 3. The van der Waals surface area contributed by atoms with Crippen LogP contribution in [0.2, 0.25) is 0 Å². The molecule has 0 saturated heterocycles. The third-order valence-electron chi connectivity index (χ3n) is 5.86. The number of sulfonamides is 1. The summed E-state index contributed by atoms with van der Waals surface area (Å²) in [5.74, 6) is -0.518. The Bertz CT molecular complexity index is 1310. The van der Waals surface area contributed by atoms with E-state index in [1.54, 1.807) is 26.2 Å². The summed E-state index contributed by atoms with van der Waals surface area (Å²) in [4.78, 5) is 25.9. The molecule has 3 rings (SSSR count). The first-order valence-electron chi connectivity index (χ1n) is 11.7. The molecule has 0 spiro atoms. The molecule has 0 bridgehead atoms. The number of nitrogens with one attached hydrogen (secondary N) is 2. The third kappa shape index (κ3) is 8.20. The van der Waals surface area contributed by atoms with E-state index in [1.165, 1.54) is 17.0 Å². The topological polar surface area (TPSA) is 105 Å². The van der Waals surface area contributed by atoms with Crippen LogP contribution in [0.5, 0.6) is 0 Å². The molecule has 3 aromatic carbocycles. The molecule has 10 heteroatoms. The maximum atomic E-state index is 12.9. The Morgan fingerprint density at radius 2 is 1.43 bits per heavy atom. The van der Waals surface area contributed by atoms with Gasteiger partial charge >= 0.3 is 0 Å². The van der Waals surface area contributed by atoms with Crippen LogP contribution in [0.15, 0.2) is 77.7 Å². The van der Waals surface area contributed by atoms with Crippen LogP contribution in [0.25, 0.3) is 11.1 Å². The Morgan fingerprint density at radius 3 is 1.95 bits per heavy atom. The Kier molecular flexibility index (Phi) is 9.94. The van der Waals surface area contributed by atoms with Gasteiger partial charge < -0.3 is 4.90 Å². The lowest BCUT2D eigenvalue weighted by Gasteiger charge is -2.22. The highest BCUT2D eigenvalue weighted by atomic mass is 32.2. The van der Waals surface area contributed by atoms with Crippen LogP contribution < -0.4 is 10.2 Å². The second-order valence-electron chi connectivity index (χ2n) is 8.96. The van der Waals surface area contributed by atoms with Crippen LogP contribution in [0.1, 0.15) is 23.1 Å².